The van der Waals surface area contributed by atoms with E-state index in [9.17, 15) is 13.2 Å². The Morgan fingerprint density at radius 1 is 1.21 bits per heavy atom. The summed E-state index contributed by atoms with van der Waals surface area (Å²) >= 11 is 3.05. The SMILES string of the molecule is N#Cc1ncccc1-c1cc(Br)cc(C(F)(F)F)c1. The Morgan fingerprint density at radius 3 is 2.58 bits per heavy atom. The van der Waals surface area contributed by atoms with Gasteiger partial charge in [0.2, 0.25) is 0 Å². The summed E-state index contributed by atoms with van der Waals surface area (Å²) in [6, 6.07) is 8.52. The van der Waals surface area contributed by atoms with Crippen molar-refractivity contribution in [2.45, 2.75) is 6.18 Å². The largest absolute Gasteiger partial charge is 0.416 e. The van der Waals surface area contributed by atoms with Crippen molar-refractivity contribution in [1.82, 2.24) is 4.98 Å². The average molecular weight is 327 g/mol. The smallest absolute Gasteiger partial charge is 0.245 e. The fraction of sp³-hybridized carbons (Fsp3) is 0.0769. The molecule has 0 atom stereocenters. The molecule has 0 bridgehead atoms. The van der Waals surface area contributed by atoms with Crippen LogP contribution in [0.5, 0.6) is 0 Å². The monoisotopic (exact) mass is 326 g/mol. The number of halogens is 4. The van der Waals surface area contributed by atoms with E-state index in [0.29, 0.717) is 15.6 Å². The summed E-state index contributed by atoms with van der Waals surface area (Å²) in [5.41, 5.74) is -0.0125. The van der Waals surface area contributed by atoms with Gasteiger partial charge < -0.3 is 0 Å². The molecule has 0 aliphatic carbocycles. The Bertz CT molecular complexity index is 660. The first-order chi connectivity index (χ1) is 8.91. The number of pyridine rings is 1. The van der Waals surface area contributed by atoms with Crippen LogP contribution < -0.4 is 0 Å². The van der Waals surface area contributed by atoms with Gasteiger partial charge in [0.05, 0.1) is 5.56 Å². The lowest BCUT2D eigenvalue weighted by Crippen LogP contribution is -2.05. The van der Waals surface area contributed by atoms with Gasteiger partial charge in [-0.3, -0.25) is 0 Å². The van der Waals surface area contributed by atoms with Gasteiger partial charge in [-0.1, -0.05) is 15.9 Å². The van der Waals surface area contributed by atoms with Crippen LogP contribution in [-0.4, -0.2) is 4.98 Å². The number of hydrogen-bond donors (Lipinski definition) is 0. The zero-order chi connectivity index (χ0) is 14.0. The van der Waals surface area contributed by atoms with E-state index in [1.54, 1.807) is 12.1 Å². The molecule has 2 aromatic rings. The van der Waals surface area contributed by atoms with E-state index in [2.05, 4.69) is 20.9 Å². The summed E-state index contributed by atoms with van der Waals surface area (Å²) in [6.45, 7) is 0. The van der Waals surface area contributed by atoms with Gasteiger partial charge in [0.25, 0.3) is 0 Å². The molecule has 1 aromatic carbocycles. The predicted octanol–water partition coefficient (Wildman–Crippen LogP) is 4.40. The highest BCUT2D eigenvalue weighted by Crippen LogP contribution is 2.35. The van der Waals surface area contributed by atoms with Crippen molar-refractivity contribution in [3.05, 3.63) is 52.3 Å². The van der Waals surface area contributed by atoms with Gasteiger partial charge in [-0.2, -0.15) is 18.4 Å². The van der Waals surface area contributed by atoms with Crippen molar-refractivity contribution in [2.75, 3.05) is 0 Å². The lowest BCUT2D eigenvalue weighted by Gasteiger charge is -2.10. The fourth-order valence-corrected chi connectivity index (χ4v) is 2.13. The highest BCUT2D eigenvalue weighted by atomic mass is 79.9. The lowest BCUT2D eigenvalue weighted by molar-refractivity contribution is -0.137. The van der Waals surface area contributed by atoms with Crippen molar-refractivity contribution >= 4 is 15.9 Å². The zero-order valence-electron chi connectivity index (χ0n) is 9.37. The van der Waals surface area contributed by atoms with E-state index in [4.69, 9.17) is 5.26 Å². The molecule has 0 unspecified atom stereocenters. The third-order valence-corrected chi connectivity index (χ3v) is 2.91. The van der Waals surface area contributed by atoms with Crippen LogP contribution in [0.1, 0.15) is 11.3 Å². The fourth-order valence-electron chi connectivity index (χ4n) is 1.64. The van der Waals surface area contributed by atoms with Crippen LogP contribution >= 0.6 is 15.9 Å². The molecule has 2 nitrogen and oxygen atoms in total. The minimum Gasteiger partial charge on any atom is -0.245 e. The molecule has 96 valence electrons. The van der Waals surface area contributed by atoms with Crippen molar-refractivity contribution in [3.63, 3.8) is 0 Å². The van der Waals surface area contributed by atoms with Crippen LogP contribution in [-0.2, 0) is 6.18 Å². The molecule has 19 heavy (non-hydrogen) atoms. The van der Waals surface area contributed by atoms with E-state index in [1.807, 2.05) is 6.07 Å². The molecule has 0 saturated heterocycles. The molecule has 0 fully saturated rings. The molecule has 0 spiro atoms. The maximum atomic E-state index is 12.7. The Morgan fingerprint density at radius 2 is 1.95 bits per heavy atom. The number of benzene rings is 1. The number of rotatable bonds is 1. The van der Waals surface area contributed by atoms with E-state index in [-0.39, 0.29) is 5.69 Å². The molecule has 0 aliphatic heterocycles. The summed E-state index contributed by atoms with van der Waals surface area (Å²) in [7, 11) is 0. The maximum Gasteiger partial charge on any atom is 0.416 e. The quantitative estimate of drug-likeness (QED) is 0.778. The molecule has 0 N–H and O–H groups in total. The van der Waals surface area contributed by atoms with Gasteiger partial charge in [0, 0.05) is 16.2 Å². The number of alkyl halides is 3. The molecule has 0 radical (unpaired) electrons. The van der Waals surface area contributed by atoms with Crippen molar-refractivity contribution in [2.24, 2.45) is 0 Å². The normalized spacial score (nSPS) is 11.1. The van der Waals surface area contributed by atoms with E-state index in [0.717, 1.165) is 12.1 Å². The highest BCUT2D eigenvalue weighted by molar-refractivity contribution is 9.10. The number of nitriles is 1. The van der Waals surface area contributed by atoms with Gasteiger partial charge in [0.15, 0.2) is 0 Å². The number of hydrogen-bond acceptors (Lipinski definition) is 2. The Balaban J connectivity index is 2.64. The first-order valence-corrected chi connectivity index (χ1v) is 5.94. The van der Waals surface area contributed by atoms with Crippen molar-refractivity contribution in [3.8, 4) is 17.2 Å². The van der Waals surface area contributed by atoms with Crippen LogP contribution in [0.3, 0.4) is 0 Å². The van der Waals surface area contributed by atoms with Gasteiger partial charge in [-0.25, -0.2) is 4.98 Å². The average Bonchev–Trinajstić information content (AvgIpc) is 2.37. The predicted molar refractivity (Wildman–Crippen MR) is 67.1 cm³/mol. The van der Waals surface area contributed by atoms with Crippen LogP contribution in [0.15, 0.2) is 41.0 Å². The summed E-state index contributed by atoms with van der Waals surface area (Å²) < 4.78 is 38.5. The molecule has 0 saturated carbocycles. The van der Waals surface area contributed by atoms with E-state index < -0.39 is 11.7 Å². The van der Waals surface area contributed by atoms with Gasteiger partial charge in [0.1, 0.15) is 11.8 Å². The van der Waals surface area contributed by atoms with Crippen LogP contribution in [0.4, 0.5) is 13.2 Å². The van der Waals surface area contributed by atoms with Gasteiger partial charge in [-0.15, -0.1) is 0 Å². The van der Waals surface area contributed by atoms with E-state index in [1.165, 1.54) is 12.3 Å². The standard InChI is InChI=1S/C13H6BrF3N2/c14-10-5-8(4-9(6-10)13(15,16)17)11-2-1-3-19-12(11)7-18/h1-6H. The molecule has 1 aromatic heterocycles. The molecular weight excluding hydrogens is 321 g/mol. The number of aromatic nitrogens is 1. The van der Waals surface area contributed by atoms with Crippen molar-refractivity contribution in [1.29, 1.82) is 5.26 Å². The lowest BCUT2D eigenvalue weighted by atomic mass is 10.0. The van der Waals surface area contributed by atoms with Crippen LogP contribution in [0.25, 0.3) is 11.1 Å². The third-order valence-electron chi connectivity index (χ3n) is 2.45. The Kier molecular flexibility index (Phi) is 3.58. The Hall–Kier alpha value is -1.87. The van der Waals surface area contributed by atoms with Crippen LogP contribution in [0.2, 0.25) is 0 Å². The minimum absolute atomic E-state index is 0.0914. The second kappa shape index (κ2) is 5.02. The first-order valence-electron chi connectivity index (χ1n) is 5.15. The highest BCUT2D eigenvalue weighted by Gasteiger charge is 2.31. The Labute approximate surface area is 115 Å². The van der Waals surface area contributed by atoms with Gasteiger partial charge in [-0.05, 0) is 35.9 Å². The maximum absolute atomic E-state index is 12.7. The molecule has 1 heterocycles. The van der Waals surface area contributed by atoms with Gasteiger partial charge >= 0.3 is 6.18 Å². The van der Waals surface area contributed by atoms with E-state index >= 15 is 0 Å². The van der Waals surface area contributed by atoms with Crippen LogP contribution in [0, 0.1) is 11.3 Å². The summed E-state index contributed by atoms with van der Waals surface area (Å²) in [4.78, 5) is 3.84. The molecule has 0 aliphatic rings. The van der Waals surface area contributed by atoms with Crippen molar-refractivity contribution < 1.29 is 13.2 Å². The molecule has 2 rings (SSSR count). The summed E-state index contributed by atoms with van der Waals surface area (Å²) in [5.74, 6) is 0. The molecule has 0 amide bonds. The topological polar surface area (TPSA) is 36.7 Å². The second-order valence-electron chi connectivity index (χ2n) is 3.74. The summed E-state index contributed by atoms with van der Waals surface area (Å²) in [5, 5.41) is 8.93. The minimum atomic E-state index is -4.44. The molecule has 6 heteroatoms. The zero-order valence-corrected chi connectivity index (χ0v) is 11.0. The second-order valence-corrected chi connectivity index (χ2v) is 4.65. The summed E-state index contributed by atoms with van der Waals surface area (Å²) in [6.07, 6.45) is -3.02. The number of nitrogens with zero attached hydrogens (tertiary/aromatic N) is 2. The first kappa shape index (κ1) is 13.6. The third kappa shape index (κ3) is 2.93. The molecular formula is C13H6BrF3N2.